The van der Waals surface area contributed by atoms with E-state index in [0.717, 1.165) is 56.6 Å². The normalized spacial score (nSPS) is 15.2. The van der Waals surface area contributed by atoms with Gasteiger partial charge in [0.25, 0.3) is 0 Å². The van der Waals surface area contributed by atoms with E-state index in [4.69, 9.17) is 0 Å². The zero-order valence-corrected chi connectivity index (χ0v) is 35.8. The highest BCUT2D eigenvalue weighted by molar-refractivity contribution is 6.21. The van der Waals surface area contributed by atoms with Gasteiger partial charge in [0.2, 0.25) is 0 Å². The maximum Gasteiger partial charge on any atom is 0.123 e. The average Bonchev–Trinajstić information content (AvgIpc) is 3.84. The Morgan fingerprint density at radius 2 is 0.815 bits per heavy atom. The van der Waals surface area contributed by atoms with Crippen molar-refractivity contribution in [1.29, 1.82) is 0 Å². The number of halogens is 1. The van der Waals surface area contributed by atoms with Crippen LogP contribution in [0.1, 0.15) is 57.3 Å². The van der Waals surface area contributed by atoms with Gasteiger partial charge in [-0.15, -0.1) is 0 Å². The lowest BCUT2D eigenvalue weighted by molar-refractivity contribution is 0.630. The van der Waals surface area contributed by atoms with Crippen molar-refractivity contribution in [3.8, 4) is 33.4 Å². The molecule has 0 bridgehead atoms. The van der Waals surface area contributed by atoms with E-state index in [1.54, 1.807) is 12.1 Å². The summed E-state index contributed by atoms with van der Waals surface area (Å²) in [6, 6.07) is 81.2. The van der Waals surface area contributed by atoms with Crippen LogP contribution in [0.25, 0.3) is 60.5 Å². The van der Waals surface area contributed by atoms with E-state index in [2.05, 4.69) is 218 Å². The van der Waals surface area contributed by atoms with Crippen LogP contribution in [0.15, 0.2) is 242 Å². The van der Waals surface area contributed by atoms with Gasteiger partial charge in [0.05, 0.1) is 10.8 Å². The van der Waals surface area contributed by atoms with Gasteiger partial charge in [0, 0.05) is 0 Å². The molecular weight excluding hydrogens is 788 g/mol. The third-order valence-electron chi connectivity index (χ3n) is 14.8. The number of hydrogen-bond donors (Lipinski definition) is 0. The lowest BCUT2D eigenvalue weighted by atomic mass is 9.65. The van der Waals surface area contributed by atoms with Gasteiger partial charge in [0.15, 0.2) is 0 Å². The Balaban J connectivity index is 1.09. The highest BCUT2D eigenvalue weighted by Crippen LogP contribution is 2.60. The topological polar surface area (TPSA) is 0 Å². The van der Waals surface area contributed by atoms with Crippen molar-refractivity contribution in [1.82, 2.24) is 0 Å². The van der Waals surface area contributed by atoms with Crippen molar-refractivity contribution in [2.75, 3.05) is 0 Å². The maximum absolute atomic E-state index is 16.0. The molecule has 0 spiro atoms. The second-order valence-corrected chi connectivity index (χ2v) is 17.8. The van der Waals surface area contributed by atoms with Gasteiger partial charge in [-0.1, -0.05) is 212 Å². The summed E-state index contributed by atoms with van der Waals surface area (Å²) in [5.41, 5.74) is 18.6. The molecule has 0 saturated carbocycles. The Kier molecular flexibility index (Phi) is 8.45. The van der Waals surface area contributed by atoms with Gasteiger partial charge >= 0.3 is 0 Å². The average molecular weight is 831 g/mol. The summed E-state index contributed by atoms with van der Waals surface area (Å²) in [4.78, 5) is 0. The van der Waals surface area contributed by atoms with E-state index < -0.39 is 10.8 Å². The molecule has 0 unspecified atom stereocenters. The molecule has 3 aliphatic rings. The van der Waals surface area contributed by atoms with Gasteiger partial charge < -0.3 is 0 Å². The summed E-state index contributed by atoms with van der Waals surface area (Å²) >= 11 is 0. The van der Waals surface area contributed by atoms with Crippen molar-refractivity contribution in [3.63, 3.8) is 0 Å². The van der Waals surface area contributed by atoms with Crippen LogP contribution in [-0.4, -0.2) is 0 Å². The summed E-state index contributed by atoms with van der Waals surface area (Å²) in [5.74, 6) is -0.247. The highest BCUT2D eigenvalue weighted by atomic mass is 19.1. The lowest BCUT2D eigenvalue weighted by Crippen LogP contribution is -2.30. The van der Waals surface area contributed by atoms with E-state index >= 15 is 4.39 Å². The molecule has 10 aromatic carbocycles. The van der Waals surface area contributed by atoms with Crippen molar-refractivity contribution in [2.24, 2.45) is 0 Å². The number of rotatable bonds is 6. The Morgan fingerprint density at radius 1 is 0.354 bits per heavy atom. The van der Waals surface area contributed by atoms with Gasteiger partial charge in [-0.05, 0) is 148 Å². The number of benzene rings is 10. The lowest BCUT2D eigenvalue weighted by Gasteiger charge is -2.36. The molecule has 0 aliphatic heterocycles. The molecule has 3 aliphatic carbocycles. The molecular formula is C64H43F. The molecule has 0 aromatic heterocycles. The summed E-state index contributed by atoms with van der Waals surface area (Å²) in [5, 5.41) is 4.17. The fraction of sp³-hybridized carbons (Fsp3) is 0.0625. The molecule has 306 valence electrons. The van der Waals surface area contributed by atoms with E-state index in [1.807, 2.05) is 6.07 Å². The predicted molar refractivity (Wildman–Crippen MR) is 268 cm³/mol. The molecule has 10 aromatic rings. The minimum Gasteiger partial charge on any atom is -0.207 e. The fourth-order valence-electron chi connectivity index (χ4n) is 12.3. The van der Waals surface area contributed by atoms with Crippen molar-refractivity contribution in [3.05, 3.63) is 293 Å². The Hall–Kier alpha value is -7.87. The minimum absolute atomic E-state index is 0.247. The summed E-state index contributed by atoms with van der Waals surface area (Å²) in [6.07, 6.45) is 6.66. The van der Waals surface area contributed by atoms with Gasteiger partial charge in [-0.25, -0.2) is 4.39 Å². The van der Waals surface area contributed by atoms with Gasteiger partial charge in [-0.3, -0.25) is 0 Å². The third-order valence-corrected chi connectivity index (χ3v) is 14.8. The molecule has 0 heterocycles. The smallest absolute Gasteiger partial charge is 0.123 e. The first-order valence-corrected chi connectivity index (χ1v) is 22.8. The van der Waals surface area contributed by atoms with Crippen LogP contribution in [0.2, 0.25) is 0 Å². The monoisotopic (exact) mass is 830 g/mol. The number of fused-ring (bicyclic) bond motifs is 7. The molecule has 0 saturated heterocycles. The zero-order chi connectivity index (χ0) is 43.1. The van der Waals surface area contributed by atoms with Crippen molar-refractivity contribution < 1.29 is 4.39 Å². The number of allylic oxidation sites excluding steroid dienone is 4. The van der Waals surface area contributed by atoms with Crippen LogP contribution >= 0.6 is 0 Å². The van der Waals surface area contributed by atoms with Crippen LogP contribution in [-0.2, 0) is 10.8 Å². The first-order valence-electron chi connectivity index (χ1n) is 22.8. The number of hydrogen-bond acceptors (Lipinski definition) is 0. The van der Waals surface area contributed by atoms with Gasteiger partial charge in [0.1, 0.15) is 5.82 Å². The first-order chi connectivity index (χ1) is 32.2. The zero-order valence-electron chi connectivity index (χ0n) is 35.8. The largest absolute Gasteiger partial charge is 0.207 e. The third kappa shape index (κ3) is 5.30. The van der Waals surface area contributed by atoms with Crippen LogP contribution in [0.5, 0.6) is 0 Å². The molecule has 0 nitrogen and oxygen atoms in total. The van der Waals surface area contributed by atoms with E-state index in [1.165, 1.54) is 66.8 Å². The fourth-order valence-corrected chi connectivity index (χ4v) is 12.3. The second-order valence-electron chi connectivity index (χ2n) is 17.8. The molecule has 0 radical (unpaired) electrons. The van der Waals surface area contributed by atoms with Crippen LogP contribution in [0.3, 0.4) is 0 Å². The molecule has 1 heteroatoms. The van der Waals surface area contributed by atoms with Crippen LogP contribution in [0.4, 0.5) is 4.39 Å². The summed E-state index contributed by atoms with van der Waals surface area (Å²) in [6.45, 7) is 0. The van der Waals surface area contributed by atoms with Crippen molar-refractivity contribution in [2.45, 2.75) is 23.7 Å². The van der Waals surface area contributed by atoms with Crippen LogP contribution in [0, 0.1) is 5.82 Å². The highest BCUT2D eigenvalue weighted by Gasteiger charge is 2.48. The first kappa shape index (κ1) is 37.7. The maximum atomic E-state index is 16.0. The van der Waals surface area contributed by atoms with E-state index in [0.29, 0.717) is 0 Å². The van der Waals surface area contributed by atoms with Crippen LogP contribution < -0.4 is 0 Å². The molecule has 13 rings (SSSR count). The standard InChI is InChI=1S/C64H43F/c65-48-35-38-55-56(41-48)62(43-34-37-52-50-28-16-18-32-58(50)64(60(52)40-43,46-23-9-3-10-24-46)47-25-11-4-12-26-47)54-30-14-13-29-53(54)61(55)42-33-36-51-49-27-15-17-31-57(49)63(59(51)39-42,44-19-5-1-6-20-44)45-21-7-2-8-22-45/h1-17,19-31,33-41H,18,32H2. The van der Waals surface area contributed by atoms with E-state index in [9.17, 15) is 0 Å². The van der Waals surface area contributed by atoms with Gasteiger partial charge in [-0.2, -0.15) is 0 Å². The minimum atomic E-state index is -0.543. The Morgan fingerprint density at radius 3 is 1.42 bits per heavy atom. The predicted octanol–water partition coefficient (Wildman–Crippen LogP) is 16.3. The second kappa shape index (κ2) is 14.6. The molecule has 0 fully saturated rings. The molecule has 0 atom stereocenters. The molecule has 0 amide bonds. The quantitative estimate of drug-likeness (QED) is 0.146. The SMILES string of the molecule is Fc1ccc2c(-c3ccc4c(c3)C(c3ccccc3)(c3ccccc3)c3ccccc3-4)c3ccccc3c(-c3ccc4c(c3)C(c3ccccc3)(c3ccccc3)C3=C4C=CCC3)c2c1. The van der Waals surface area contributed by atoms with E-state index in [-0.39, 0.29) is 5.82 Å². The Bertz CT molecular complexity index is 3500. The summed E-state index contributed by atoms with van der Waals surface area (Å²) < 4.78 is 16.0. The molecule has 65 heavy (non-hydrogen) atoms. The van der Waals surface area contributed by atoms with Crippen molar-refractivity contribution >= 4 is 27.1 Å². The summed E-state index contributed by atoms with van der Waals surface area (Å²) in [7, 11) is 0. The Labute approximate surface area is 379 Å². The molecule has 0 N–H and O–H groups in total.